The molecule has 0 saturated heterocycles. The Hall–Kier alpha value is -0.880. The van der Waals surface area contributed by atoms with Gasteiger partial charge in [-0.15, -0.1) is 0 Å². The Bertz CT molecular complexity index is 90.3. The molecule has 0 unspecified atom stereocenters. The summed E-state index contributed by atoms with van der Waals surface area (Å²) in [4.78, 5) is 9.44. The topological polar surface area (TPSA) is 61.1 Å². The minimum absolute atomic E-state index is 0.167. The Morgan fingerprint density at radius 3 is 1.60 bits per heavy atom. The summed E-state index contributed by atoms with van der Waals surface area (Å²) in [5, 5.41) is 14.9. The fourth-order valence-electron chi connectivity index (χ4n) is 0. The molecule has 60 valence electrons. The van der Waals surface area contributed by atoms with Gasteiger partial charge in [-0.05, 0) is 20.8 Å². The Balaban J connectivity index is -0.0000000750. The highest BCUT2D eigenvalue weighted by atomic mass is 16.2. The summed E-state index contributed by atoms with van der Waals surface area (Å²) in [5.74, 6) is 0.167. The molecule has 0 heterocycles. The van der Waals surface area contributed by atoms with Crippen molar-refractivity contribution in [1.82, 2.24) is 0 Å². The Labute approximate surface area is 62.3 Å². The summed E-state index contributed by atoms with van der Waals surface area (Å²) in [6.07, 6.45) is 0. The fraction of sp³-hybridized carbons (Fsp3) is 0.714. The van der Waals surface area contributed by atoms with Crippen LogP contribution in [-0.4, -0.2) is 17.5 Å². The first-order chi connectivity index (χ1) is 4.56. The molecule has 0 aromatic carbocycles. The van der Waals surface area contributed by atoms with Crippen molar-refractivity contribution < 1.29 is 9.90 Å². The van der Waals surface area contributed by atoms with Crippen molar-refractivity contribution in [2.45, 2.75) is 27.7 Å². The number of aliphatic hydroxyl groups is 1. The smallest absolute Gasteiger partial charge is 0.126 e. The van der Waals surface area contributed by atoms with E-state index in [2.05, 4.69) is 0 Å². The predicted molar refractivity (Wildman–Crippen MR) is 40.4 cm³/mol. The molecule has 0 rings (SSSR count). The van der Waals surface area contributed by atoms with Crippen LogP contribution in [-0.2, 0) is 4.79 Å². The molecule has 0 aliphatic carbocycles. The summed E-state index contributed by atoms with van der Waals surface area (Å²) in [5.41, 5.74) is 0. The van der Waals surface area contributed by atoms with Gasteiger partial charge in [-0.2, -0.15) is 5.26 Å². The number of carbonyl (C=O) groups excluding carboxylic acids is 1. The van der Waals surface area contributed by atoms with Crippen LogP contribution in [0.3, 0.4) is 0 Å². The average Bonchev–Trinajstić information content (AvgIpc) is 1.65. The van der Waals surface area contributed by atoms with E-state index in [1.807, 2.05) is 0 Å². The van der Waals surface area contributed by atoms with Gasteiger partial charge in [0, 0.05) is 13.5 Å². The zero-order valence-electron chi connectivity index (χ0n) is 7.01. The van der Waals surface area contributed by atoms with Gasteiger partial charge in [0.05, 0.1) is 6.07 Å². The van der Waals surface area contributed by atoms with Crippen LogP contribution in [0.15, 0.2) is 0 Å². The zero-order valence-corrected chi connectivity index (χ0v) is 7.01. The highest BCUT2D eigenvalue weighted by Gasteiger charge is 1.62. The van der Waals surface area contributed by atoms with E-state index in [1.165, 1.54) is 20.8 Å². The van der Waals surface area contributed by atoms with Crippen molar-refractivity contribution in [1.29, 1.82) is 5.26 Å². The summed E-state index contributed by atoms with van der Waals surface area (Å²) >= 11 is 0. The fourth-order valence-corrected chi connectivity index (χ4v) is 0. The standard InChI is InChI=1S/C3H6O.C2H3N.C2H6O/c1-3(2)4;2*1-2-3/h1-2H3;1H3;3H,2H2,1H3. The number of ketones is 1. The van der Waals surface area contributed by atoms with E-state index in [0.717, 1.165) is 0 Å². The third-order valence-corrected chi connectivity index (χ3v) is 0. The second kappa shape index (κ2) is 24.3. The number of nitrogens with zero attached hydrogens (tertiary/aromatic N) is 1. The Morgan fingerprint density at radius 2 is 1.60 bits per heavy atom. The highest BCUT2D eigenvalue weighted by molar-refractivity contribution is 5.72. The van der Waals surface area contributed by atoms with Gasteiger partial charge >= 0.3 is 0 Å². The summed E-state index contributed by atoms with van der Waals surface area (Å²) < 4.78 is 0. The molecule has 0 atom stereocenters. The molecule has 0 bridgehead atoms. The molecule has 3 nitrogen and oxygen atoms in total. The molecule has 1 N–H and O–H groups in total. The van der Waals surface area contributed by atoms with Gasteiger partial charge in [-0.25, -0.2) is 0 Å². The minimum Gasteiger partial charge on any atom is -0.397 e. The molecule has 0 spiro atoms. The van der Waals surface area contributed by atoms with E-state index >= 15 is 0 Å². The quantitative estimate of drug-likeness (QED) is 0.555. The van der Waals surface area contributed by atoms with Crippen molar-refractivity contribution in [3.05, 3.63) is 0 Å². The van der Waals surface area contributed by atoms with Crippen molar-refractivity contribution in [3.63, 3.8) is 0 Å². The molecule has 0 aromatic heterocycles. The predicted octanol–water partition coefficient (Wildman–Crippen LogP) is 1.12. The zero-order chi connectivity index (χ0) is 8.99. The van der Waals surface area contributed by atoms with E-state index in [-0.39, 0.29) is 12.4 Å². The van der Waals surface area contributed by atoms with Gasteiger partial charge in [-0.3, -0.25) is 0 Å². The number of rotatable bonds is 0. The first kappa shape index (κ1) is 16.1. The Kier molecular flexibility index (Phi) is 38.9. The van der Waals surface area contributed by atoms with Crippen LogP contribution in [0, 0.1) is 11.3 Å². The number of hydrogen-bond acceptors (Lipinski definition) is 3. The van der Waals surface area contributed by atoms with E-state index in [4.69, 9.17) is 10.4 Å². The van der Waals surface area contributed by atoms with Crippen LogP contribution in [0.4, 0.5) is 0 Å². The molecule has 3 heteroatoms. The molecule has 0 aliphatic heterocycles. The lowest BCUT2D eigenvalue weighted by Crippen LogP contribution is -1.69. The number of aliphatic hydroxyl groups excluding tert-OH is 1. The van der Waals surface area contributed by atoms with E-state index < -0.39 is 0 Å². The van der Waals surface area contributed by atoms with Crippen LogP contribution in [0.2, 0.25) is 0 Å². The average molecular weight is 145 g/mol. The largest absolute Gasteiger partial charge is 0.397 e. The molecule has 0 saturated carbocycles. The lowest BCUT2D eigenvalue weighted by atomic mass is 10.6. The molecule has 10 heavy (non-hydrogen) atoms. The second-order valence-electron chi connectivity index (χ2n) is 1.45. The van der Waals surface area contributed by atoms with Gasteiger partial charge in [0.25, 0.3) is 0 Å². The molecule has 0 fully saturated rings. The third kappa shape index (κ3) is 344. The lowest BCUT2D eigenvalue weighted by molar-refractivity contribution is -0.114. The van der Waals surface area contributed by atoms with E-state index in [1.54, 1.807) is 13.0 Å². The van der Waals surface area contributed by atoms with Crippen LogP contribution < -0.4 is 0 Å². The summed E-state index contributed by atoms with van der Waals surface area (Å²) in [6.45, 7) is 6.42. The third-order valence-electron chi connectivity index (χ3n) is 0. The number of carbonyl (C=O) groups is 1. The van der Waals surface area contributed by atoms with Crippen molar-refractivity contribution in [2.75, 3.05) is 6.61 Å². The van der Waals surface area contributed by atoms with Crippen LogP contribution >= 0.6 is 0 Å². The van der Waals surface area contributed by atoms with Gasteiger partial charge in [0.1, 0.15) is 5.78 Å². The van der Waals surface area contributed by atoms with E-state index in [9.17, 15) is 4.79 Å². The number of hydrogen-bond donors (Lipinski definition) is 1. The maximum atomic E-state index is 9.44. The van der Waals surface area contributed by atoms with Gasteiger partial charge in [-0.1, -0.05) is 0 Å². The van der Waals surface area contributed by atoms with Gasteiger partial charge in [0.2, 0.25) is 0 Å². The molecule has 0 aromatic rings. The first-order valence-corrected chi connectivity index (χ1v) is 2.95. The van der Waals surface area contributed by atoms with Crippen LogP contribution in [0.25, 0.3) is 0 Å². The Morgan fingerprint density at radius 1 is 1.60 bits per heavy atom. The van der Waals surface area contributed by atoms with Crippen LogP contribution in [0.5, 0.6) is 0 Å². The van der Waals surface area contributed by atoms with Crippen LogP contribution in [0.1, 0.15) is 27.7 Å². The SMILES string of the molecule is CC#N.CC(C)=O.CCO. The van der Waals surface area contributed by atoms with E-state index in [0.29, 0.717) is 0 Å². The molecular formula is C7H15NO2. The normalized spacial score (nSPS) is 5.20. The van der Waals surface area contributed by atoms with Gasteiger partial charge in [0.15, 0.2) is 0 Å². The second-order valence-corrected chi connectivity index (χ2v) is 1.45. The number of Topliss-reactive ketones (excluding diaryl/α,β-unsaturated/α-hetero) is 1. The molecule has 0 amide bonds. The van der Waals surface area contributed by atoms with Crippen molar-refractivity contribution >= 4 is 5.78 Å². The highest BCUT2D eigenvalue weighted by Crippen LogP contribution is 1.50. The van der Waals surface area contributed by atoms with Crippen molar-refractivity contribution in [3.8, 4) is 6.07 Å². The minimum atomic E-state index is 0.167. The first-order valence-electron chi connectivity index (χ1n) is 2.95. The summed E-state index contributed by atoms with van der Waals surface area (Å²) in [7, 11) is 0. The maximum Gasteiger partial charge on any atom is 0.126 e. The molecule has 0 radical (unpaired) electrons. The molecular weight excluding hydrogens is 130 g/mol. The lowest BCUT2D eigenvalue weighted by Gasteiger charge is -1.56. The maximum absolute atomic E-state index is 9.44. The van der Waals surface area contributed by atoms with Crippen molar-refractivity contribution in [2.24, 2.45) is 0 Å². The monoisotopic (exact) mass is 145 g/mol. The number of nitriles is 1. The molecule has 0 aliphatic rings. The van der Waals surface area contributed by atoms with Gasteiger partial charge < -0.3 is 9.90 Å². The summed E-state index contributed by atoms with van der Waals surface area (Å²) in [6, 6.07) is 1.75.